The molecule has 0 aliphatic rings. The van der Waals surface area contributed by atoms with Gasteiger partial charge in [0.2, 0.25) is 0 Å². The van der Waals surface area contributed by atoms with Crippen LogP contribution in [-0.2, 0) is 0 Å². The molecule has 2 heterocycles. The zero-order valence-electron chi connectivity index (χ0n) is 49.8. The van der Waals surface area contributed by atoms with Crippen LogP contribution in [0.1, 0.15) is 6.85 Å². The molecule has 0 fully saturated rings. The summed E-state index contributed by atoms with van der Waals surface area (Å²) < 4.78 is 51.8. The fourth-order valence-electron chi connectivity index (χ4n) is 13.5. The van der Waals surface area contributed by atoms with Crippen LogP contribution in [0.25, 0.3) is 77.2 Å². The third-order valence-corrected chi connectivity index (χ3v) is 26.4. The van der Waals surface area contributed by atoms with Crippen LogP contribution in [0.2, 0.25) is 0 Å². The van der Waals surface area contributed by atoms with Crippen LogP contribution in [0, 0.1) is 0 Å². The summed E-state index contributed by atoms with van der Waals surface area (Å²) in [4.78, 5) is 0. The lowest BCUT2D eigenvalue weighted by Crippen LogP contribution is -2.74. The predicted octanol–water partition coefficient (Wildman–Crippen LogP) is 14.0. The molecule has 0 aliphatic carbocycles. The third kappa shape index (κ3) is 7.83. The number of para-hydroxylation sites is 2. The Hall–Kier alpha value is -10.1. The summed E-state index contributed by atoms with van der Waals surface area (Å²) >= 11 is 0. The molecule has 0 saturated carbocycles. The molecule has 0 spiro atoms. The number of nitrogens with zero attached hydrogens (tertiary/aromatic N) is 2. The number of hydrogen-bond acceptors (Lipinski definition) is 0. The lowest BCUT2D eigenvalue weighted by atomic mass is 9.95. The van der Waals surface area contributed by atoms with Crippen molar-refractivity contribution < 1.29 is 6.85 Å². The highest BCUT2D eigenvalue weighted by Crippen LogP contribution is 2.43. The molecule has 2 nitrogen and oxygen atoms in total. The van der Waals surface area contributed by atoms with Gasteiger partial charge in [-0.3, -0.25) is 0 Å². The van der Waals surface area contributed by atoms with Crippen LogP contribution in [0.5, 0.6) is 0 Å². The standard InChI is InChI=1S/C78H56N2Si2/c1-9-29-57(30-10-1)70-55-67(82(63-39-19-6-20-40-63,64-41-21-7-22-42-64)65-43-23-8-24-44-65)56-71(58-31-11-2-12-32-58)78(70)80-75-48-28-26-45-68(75)72-53-59(49-51-77(72)80)79-74-47-27-25-46-69(74)73-54-66(50-52-76(73)79)81(60-33-13-3-14-34-60,61-35-15-4-16-36-61)62-37-17-5-18-38-62/h1-56H/i1D,9D,10D,29D,30D. The van der Waals surface area contributed by atoms with Gasteiger partial charge in [-0.05, 0) is 89.0 Å². The van der Waals surface area contributed by atoms with Gasteiger partial charge < -0.3 is 9.13 Å². The van der Waals surface area contributed by atoms with Crippen molar-refractivity contribution in [1.29, 1.82) is 0 Å². The summed E-state index contributed by atoms with van der Waals surface area (Å²) in [7, 11) is -6.21. The SMILES string of the molecule is [2H]c1c([2H])c([2H])c(-c2cc([Si](c3ccccc3)(c3ccccc3)c3ccccc3)cc(-c3ccccc3)c2-n2c3ccccc3c3cc(-n4c5ccccc5c5cc([Si](c6ccccc6)(c6ccccc6)c6ccccc6)ccc54)ccc32)c([2H])c1[2H]. The minimum atomic E-state index is -3.33. The highest BCUT2D eigenvalue weighted by atomic mass is 28.3. The summed E-state index contributed by atoms with van der Waals surface area (Å²) in [6, 6.07) is 110. The fraction of sp³-hybridized carbons (Fsp3) is 0. The molecule has 2 aromatic heterocycles. The van der Waals surface area contributed by atoms with Crippen LogP contribution in [0.3, 0.4) is 0 Å². The molecule has 0 atom stereocenters. The van der Waals surface area contributed by atoms with Crippen molar-refractivity contribution in [3.05, 3.63) is 340 Å². The average Bonchev–Trinajstić information content (AvgIpc) is 1.76. The van der Waals surface area contributed by atoms with Crippen LogP contribution in [0.4, 0.5) is 0 Å². The third-order valence-electron chi connectivity index (χ3n) is 16.9. The molecule has 0 amide bonds. The van der Waals surface area contributed by atoms with Crippen molar-refractivity contribution in [2.45, 2.75) is 0 Å². The Bertz CT molecular complexity index is 4860. The molecular weight excluding hydrogens is 1020 g/mol. The maximum absolute atomic E-state index is 9.86. The van der Waals surface area contributed by atoms with Gasteiger partial charge in [0.15, 0.2) is 16.1 Å². The van der Waals surface area contributed by atoms with Gasteiger partial charge in [0.25, 0.3) is 0 Å². The van der Waals surface area contributed by atoms with Crippen molar-refractivity contribution in [1.82, 2.24) is 9.13 Å². The van der Waals surface area contributed by atoms with E-state index in [1.54, 1.807) is 0 Å². The molecular formula is C78H56N2Si2. The van der Waals surface area contributed by atoms with Crippen molar-refractivity contribution >= 4 is 101 Å². The first-order chi connectivity index (χ1) is 42.8. The van der Waals surface area contributed by atoms with Gasteiger partial charge in [-0.15, -0.1) is 0 Å². The average molecular weight is 1080 g/mol. The monoisotopic (exact) mass is 1080 g/mol. The topological polar surface area (TPSA) is 9.86 Å². The smallest absolute Gasteiger partial charge is 0.179 e. The first-order valence-electron chi connectivity index (χ1n) is 30.5. The lowest BCUT2D eigenvalue weighted by molar-refractivity contribution is 1.17. The van der Waals surface area contributed by atoms with E-state index in [9.17, 15) is 5.48 Å². The number of benzene rings is 13. The minimum Gasteiger partial charge on any atom is -0.309 e. The van der Waals surface area contributed by atoms with Crippen molar-refractivity contribution in [3.8, 4) is 33.6 Å². The van der Waals surface area contributed by atoms with Gasteiger partial charge >= 0.3 is 0 Å². The zero-order valence-corrected chi connectivity index (χ0v) is 46.8. The number of rotatable bonds is 12. The van der Waals surface area contributed by atoms with Gasteiger partial charge in [-0.2, -0.15) is 0 Å². The molecule has 0 unspecified atom stereocenters. The van der Waals surface area contributed by atoms with E-state index in [2.05, 4.69) is 300 Å². The molecule has 0 saturated heterocycles. The molecule has 15 rings (SSSR count). The summed E-state index contributed by atoms with van der Waals surface area (Å²) in [6.45, 7) is 0. The maximum Gasteiger partial charge on any atom is 0.179 e. The van der Waals surface area contributed by atoms with Gasteiger partial charge in [0.1, 0.15) is 0 Å². The van der Waals surface area contributed by atoms with Gasteiger partial charge in [-0.1, -0.05) is 303 Å². The minimum absolute atomic E-state index is 0.137. The van der Waals surface area contributed by atoms with E-state index in [-0.39, 0.29) is 29.7 Å². The second-order valence-electron chi connectivity index (χ2n) is 21.1. The molecule has 0 radical (unpaired) electrons. The van der Waals surface area contributed by atoms with Gasteiger partial charge in [0, 0.05) is 38.4 Å². The molecule has 82 heavy (non-hydrogen) atoms. The lowest BCUT2D eigenvalue weighted by Gasteiger charge is -2.36. The second-order valence-corrected chi connectivity index (χ2v) is 28.7. The molecule has 0 aliphatic heterocycles. The van der Waals surface area contributed by atoms with E-state index in [1.165, 1.54) is 26.1 Å². The maximum atomic E-state index is 9.86. The van der Waals surface area contributed by atoms with Crippen LogP contribution < -0.4 is 41.5 Å². The molecule has 0 N–H and O–H groups in total. The number of aromatic nitrogens is 2. The predicted molar refractivity (Wildman–Crippen MR) is 353 cm³/mol. The first kappa shape index (κ1) is 43.7. The van der Waals surface area contributed by atoms with E-state index >= 15 is 0 Å². The molecule has 4 heteroatoms. The number of hydrogen-bond donors (Lipinski definition) is 0. The van der Waals surface area contributed by atoms with Gasteiger partial charge in [0.05, 0.1) is 34.6 Å². The van der Waals surface area contributed by atoms with Crippen LogP contribution in [-0.4, -0.2) is 25.3 Å². The van der Waals surface area contributed by atoms with E-state index in [0.29, 0.717) is 11.3 Å². The van der Waals surface area contributed by atoms with E-state index in [1.807, 2.05) is 18.2 Å². The van der Waals surface area contributed by atoms with Crippen molar-refractivity contribution in [2.24, 2.45) is 0 Å². The Kier molecular flexibility index (Phi) is 10.9. The Morgan fingerprint density at radius 3 is 1.07 bits per heavy atom. The first-order valence-corrected chi connectivity index (χ1v) is 32.0. The zero-order chi connectivity index (χ0) is 58.8. The Morgan fingerprint density at radius 2 is 0.598 bits per heavy atom. The Morgan fingerprint density at radius 1 is 0.244 bits per heavy atom. The van der Waals surface area contributed by atoms with Crippen LogP contribution >= 0.6 is 0 Å². The summed E-state index contributed by atoms with van der Waals surface area (Å²) in [5.41, 5.74) is 8.17. The molecule has 13 aromatic carbocycles. The van der Waals surface area contributed by atoms with Crippen molar-refractivity contribution in [3.63, 3.8) is 0 Å². The van der Waals surface area contributed by atoms with Crippen molar-refractivity contribution in [2.75, 3.05) is 0 Å². The van der Waals surface area contributed by atoms with Gasteiger partial charge in [-0.25, -0.2) is 0 Å². The van der Waals surface area contributed by atoms with E-state index < -0.39 is 22.2 Å². The van der Waals surface area contributed by atoms with Crippen LogP contribution in [0.15, 0.2) is 340 Å². The molecule has 15 aromatic rings. The summed E-state index contributed by atoms with van der Waals surface area (Å²) in [5.74, 6) is 0. The Labute approximate surface area is 487 Å². The summed E-state index contributed by atoms with van der Waals surface area (Å²) in [6.07, 6.45) is 0. The largest absolute Gasteiger partial charge is 0.309 e. The van der Waals surface area contributed by atoms with E-state index in [0.717, 1.165) is 75.8 Å². The highest BCUT2D eigenvalue weighted by molar-refractivity contribution is 7.20. The fourth-order valence-corrected chi connectivity index (χ4v) is 23.0. The molecule has 0 bridgehead atoms. The van der Waals surface area contributed by atoms with E-state index in [4.69, 9.17) is 1.37 Å². The second kappa shape index (κ2) is 20.5. The Balaban J connectivity index is 1.03. The quantitative estimate of drug-likeness (QED) is 0.0852. The normalized spacial score (nSPS) is 12.8. The molecule has 386 valence electrons. The highest BCUT2D eigenvalue weighted by Gasteiger charge is 2.44. The summed E-state index contributed by atoms with van der Waals surface area (Å²) in [5, 5.41) is 14.0. The number of fused-ring (bicyclic) bond motifs is 6.